The fourth-order valence-corrected chi connectivity index (χ4v) is 2.85. The molecule has 0 radical (unpaired) electrons. The van der Waals surface area contributed by atoms with E-state index in [2.05, 4.69) is 53.8 Å². The minimum Gasteiger partial charge on any atom is -0.463 e. The van der Waals surface area contributed by atoms with Crippen LogP contribution in [-0.4, -0.2) is 21.4 Å². The van der Waals surface area contributed by atoms with Crippen LogP contribution in [0.25, 0.3) is 0 Å². The van der Waals surface area contributed by atoms with Gasteiger partial charge in [0.05, 0.1) is 12.5 Å². The Bertz CT molecular complexity index is 756. The number of hydrogen-bond donors (Lipinski definition) is 2. The summed E-state index contributed by atoms with van der Waals surface area (Å²) in [4.78, 5) is 4.30. The van der Waals surface area contributed by atoms with E-state index < -0.39 is 0 Å². The van der Waals surface area contributed by atoms with Crippen molar-refractivity contribution in [2.24, 2.45) is 5.10 Å². The highest BCUT2D eigenvalue weighted by molar-refractivity contribution is 9.10. The van der Waals surface area contributed by atoms with Gasteiger partial charge in [0.15, 0.2) is 0 Å². The van der Waals surface area contributed by atoms with Crippen LogP contribution in [0.2, 0.25) is 0 Å². The number of H-pyrrole nitrogens is 1. The van der Waals surface area contributed by atoms with E-state index in [1.54, 1.807) is 30.3 Å². The lowest BCUT2D eigenvalue weighted by Gasteiger charge is -1.98. The maximum absolute atomic E-state index is 5.13. The molecule has 0 aliphatic heterocycles. The minimum absolute atomic E-state index is 0.486. The number of nitrogens with zero attached hydrogens (tertiary/aromatic N) is 3. The molecule has 0 bridgehead atoms. The van der Waals surface area contributed by atoms with Crippen molar-refractivity contribution >= 4 is 39.9 Å². The predicted octanol–water partition coefficient (Wildman–Crippen LogP) is 3.90. The number of thioether (sulfide) groups is 1. The minimum atomic E-state index is 0.486. The molecule has 8 heteroatoms. The number of hydrogen-bond acceptors (Lipinski definition) is 6. The largest absolute Gasteiger partial charge is 0.463 e. The van der Waals surface area contributed by atoms with E-state index in [-0.39, 0.29) is 0 Å². The highest BCUT2D eigenvalue weighted by Crippen LogP contribution is 2.21. The van der Waals surface area contributed by atoms with Crippen molar-refractivity contribution in [2.45, 2.75) is 10.9 Å². The molecule has 2 N–H and O–H groups in total. The summed E-state index contributed by atoms with van der Waals surface area (Å²) in [7, 11) is 0. The van der Waals surface area contributed by atoms with Gasteiger partial charge in [0.1, 0.15) is 5.76 Å². The van der Waals surface area contributed by atoms with Crippen molar-refractivity contribution in [2.75, 3.05) is 5.43 Å². The Morgan fingerprint density at radius 3 is 3.14 bits per heavy atom. The number of rotatable bonds is 6. The molecule has 0 spiro atoms. The first-order chi connectivity index (χ1) is 10.8. The topological polar surface area (TPSA) is 79.1 Å². The summed E-state index contributed by atoms with van der Waals surface area (Å²) in [6.45, 7) is 0. The average molecular weight is 378 g/mol. The molecule has 0 unspecified atom stereocenters. The molecule has 0 fully saturated rings. The van der Waals surface area contributed by atoms with Gasteiger partial charge in [-0.25, -0.2) is 10.5 Å². The van der Waals surface area contributed by atoms with Gasteiger partial charge in [-0.3, -0.25) is 0 Å². The molecule has 0 amide bonds. The SMILES string of the molecule is Brc1cccc(CSc2n[nH]c(N/N=C/c3ccco3)n2)c1. The van der Waals surface area contributed by atoms with Gasteiger partial charge >= 0.3 is 0 Å². The van der Waals surface area contributed by atoms with Gasteiger partial charge in [-0.1, -0.05) is 39.8 Å². The summed E-state index contributed by atoms with van der Waals surface area (Å²) in [6, 6.07) is 11.8. The van der Waals surface area contributed by atoms with Crippen LogP contribution in [0.3, 0.4) is 0 Å². The van der Waals surface area contributed by atoms with Crippen LogP contribution in [-0.2, 0) is 5.75 Å². The van der Waals surface area contributed by atoms with Crippen LogP contribution >= 0.6 is 27.7 Å². The number of nitrogens with one attached hydrogen (secondary N) is 2. The van der Waals surface area contributed by atoms with E-state index in [4.69, 9.17) is 4.42 Å². The second-order valence-corrected chi connectivity index (χ2v) is 6.13. The number of benzene rings is 1. The summed E-state index contributed by atoms with van der Waals surface area (Å²) >= 11 is 5.01. The number of halogens is 1. The van der Waals surface area contributed by atoms with E-state index in [0.717, 1.165) is 10.2 Å². The first-order valence-electron chi connectivity index (χ1n) is 6.42. The van der Waals surface area contributed by atoms with Crippen molar-refractivity contribution in [3.05, 3.63) is 58.5 Å². The van der Waals surface area contributed by atoms with E-state index in [0.29, 0.717) is 16.9 Å². The van der Waals surface area contributed by atoms with Crippen LogP contribution in [0.5, 0.6) is 0 Å². The molecule has 0 atom stereocenters. The lowest BCUT2D eigenvalue weighted by molar-refractivity contribution is 0.560. The third-order valence-corrected chi connectivity index (χ3v) is 4.04. The van der Waals surface area contributed by atoms with Crippen molar-refractivity contribution < 1.29 is 4.42 Å². The van der Waals surface area contributed by atoms with E-state index >= 15 is 0 Å². The number of furan rings is 1. The summed E-state index contributed by atoms with van der Waals surface area (Å²) in [6.07, 6.45) is 3.16. The number of aromatic amines is 1. The summed E-state index contributed by atoms with van der Waals surface area (Å²) in [5.41, 5.74) is 3.97. The zero-order valence-corrected chi connectivity index (χ0v) is 13.8. The third kappa shape index (κ3) is 4.22. The maximum Gasteiger partial charge on any atom is 0.240 e. The van der Waals surface area contributed by atoms with E-state index in [9.17, 15) is 0 Å². The molecular formula is C14H12BrN5OS. The highest BCUT2D eigenvalue weighted by Gasteiger charge is 2.04. The van der Waals surface area contributed by atoms with Crippen molar-refractivity contribution in [3.8, 4) is 0 Å². The number of aromatic nitrogens is 3. The lowest BCUT2D eigenvalue weighted by atomic mass is 10.2. The van der Waals surface area contributed by atoms with Crippen molar-refractivity contribution in [1.82, 2.24) is 15.2 Å². The van der Waals surface area contributed by atoms with Crippen LogP contribution in [0, 0.1) is 0 Å². The van der Waals surface area contributed by atoms with E-state index in [1.807, 2.05) is 18.2 Å². The van der Waals surface area contributed by atoms with Gasteiger partial charge in [0.2, 0.25) is 11.1 Å². The molecule has 3 rings (SSSR count). The fourth-order valence-electron chi connectivity index (χ4n) is 1.66. The molecule has 22 heavy (non-hydrogen) atoms. The van der Waals surface area contributed by atoms with Crippen molar-refractivity contribution in [3.63, 3.8) is 0 Å². The van der Waals surface area contributed by atoms with Gasteiger partial charge in [-0.2, -0.15) is 10.1 Å². The third-order valence-electron chi connectivity index (χ3n) is 2.63. The summed E-state index contributed by atoms with van der Waals surface area (Å²) in [5.74, 6) is 1.95. The molecule has 112 valence electrons. The summed E-state index contributed by atoms with van der Waals surface area (Å²) < 4.78 is 6.20. The van der Waals surface area contributed by atoms with Gasteiger partial charge < -0.3 is 4.42 Å². The summed E-state index contributed by atoms with van der Waals surface area (Å²) in [5, 5.41) is 11.6. The van der Waals surface area contributed by atoms with Crippen LogP contribution in [0.4, 0.5) is 5.95 Å². The molecule has 2 aromatic heterocycles. The Morgan fingerprint density at radius 2 is 2.32 bits per heavy atom. The van der Waals surface area contributed by atoms with E-state index in [1.165, 1.54) is 5.56 Å². The lowest BCUT2D eigenvalue weighted by Crippen LogP contribution is -1.91. The van der Waals surface area contributed by atoms with Crippen LogP contribution in [0.15, 0.2) is 61.8 Å². The van der Waals surface area contributed by atoms with Gasteiger partial charge in [-0.15, -0.1) is 5.10 Å². The standard InChI is InChI=1S/C14H12BrN5OS/c15-11-4-1-3-10(7-11)9-22-14-17-13(19-20-14)18-16-8-12-5-2-6-21-12/h1-8H,9H2,(H2,17,18,19,20)/b16-8+. The molecule has 6 nitrogen and oxygen atoms in total. The molecule has 0 aliphatic rings. The van der Waals surface area contributed by atoms with Gasteiger partial charge in [-0.05, 0) is 29.8 Å². The molecule has 0 saturated carbocycles. The van der Waals surface area contributed by atoms with Gasteiger partial charge in [0, 0.05) is 10.2 Å². The number of hydrazone groups is 1. The second-order valence-electron chi connectivity index (χ2n) is 4.27. The quantitative estimate of drug-likeness (QED) is 0.386. The second kappa shape index (κ2) is 7.28. The Balaban J connectivity index is 1.52. The normalized spacial score (nSPS) is 11.1. The highest BCUT2D eigenvalue weighted by atomic mass is 79.9. The zero-order chi connectivity index (χ0) is 15.2. The Hall–Kier alpha value is -2.06. The fraction of sp³-hybridized carbons (Fsp3) is 0.0714. The van der Waals surface area contributed by atoms with Gasteiger partial charge in [0.25, 0.3) is 0 Å². The smallest absolute Gasteiger partial charge is 0.240 e. The Labute approximate surface area is 139 Å². The molecule has 1 aromatic carbocycles. The molecular weight excluding hydrogens is 366 g/mol. The Morgan fingerprint density at radius 1 is 1.36 bits per heavy atom. The molecule has 0 saturated heterocycles. The maximum atomic E-state index is 5.13. The predicted molar refractivity (Wildman–Crippen MR) is 90.0 cm³/mol. The Kier molecular flexibility index (Phi) is 4.92. The van der Waals surface area contributed by atoms with Crippen LogP contribution < -0.4 is 5.43 Å². The van der Waals surface area contributed by atoms with Crippen LogP contribution in [0.1, 0.15) is 11.3 Å². The first kappa shape index (κ1) is 14.9. The zero-order valence-electron chi connectivity index (χ0n) is 11.4. The molecule has 0 aliphatic carbocycles. The first-order valence-corrected chi connectivity index (χ1v) is 8.20. The monoisotopic (exact) mass is 377 g/mol. The number of anilines is 1. The molecule has 2 heterocycles. The van der Waals surface area contributed by atoms with Crippen molar-refractivity contribution in [1.29, 1.82) is 0 Å². The molecule has 3 aromatic rings. The average Bonchev–Trinajstić information content (AvgIpc) is 3.17.